The van der Waals surface area contributed by atoms with Crippen molar-refractivity contribution in [2.24, 2.45) is 4.99 Å². The van der Waals surface area contributed by atoms with Crippen molar-refractivity contribution in [3.63, 3.8) is 0 Å². The summed E-state index contributed by atoms with van der Waals surface area (Å²) < 4.78 is 11.1. The minimum Gasteiger partial charge on any atom is -0.474 e. The van der Waals surface area contributed by atoms with Gasteiger partial charge in [-0.2, -0.15) is 0 Å². The van der Waals surface area contributed by atoms with E-state index in [4.69, 9.17) is 9.47 Å². The highest BCUT2D eigenvalue weighted by atomic mass is 16.5. The van der Waals surface area contributed by atoms with Gasteiger partial charge in [-0.1, -0.05) is 0 Å². The zero-order valence-corrected chi connectivity index (χ0v) is 14.3. The van der Waals surface area contributed by atoms with E-state index in [1.807, 2.05) is 12.1 Å². The summed E-state index contributed by atoms with van der Waals surface area (Å²) in [6.07, 6.45) is 6.91. The van der Waals surface area contributed by atoms with Gasteiger partial charge in [0.25, 0.3) is 0 Å². The Balaban J connectivity index is 1.84. The minimum absolute atomic E-state index is 0.199. The third-order valence-corrected chi connectivity index (χ3v) is 3.87. The number of hydrogen-bond donors (Lipinski definition) is 2. The van der Waals surface area contributed by atoms with E-state index >= 15 is 0 Å². The van der Waals surface area contributed by atoms with Crippen LogP contribution in [-0.4, -0.2) is 43.9 Å². The Morgan fingerprint density at radius 2 is 2.22 bits per heavy atom. The number of rotatable bonds is 7. The van der Waals surface area contributed by atoms with Crippen LogP contribution >= 0.6 is 0 Å². The Labute approximate surface area is 138 Å². The van der Waals surface area contributed by atoms with Crippen LogP contribution in [0.2, 0.25) is 0 Å². The summed E-state index contributed by atoms with van der Waals surface area (Å²) in [5.41, 5.74) is 1.12. The molecule has 1 atom stereocenters. The molecule has 0 radical (unpaired) electrons. The molecule has 0 aromatic carbocycles. The van der Waals surface area contributed by atoms with Crippen molar-refractivity contribution in [2.45, 2.75) is 51.3 Å². The van der Waals surface area contributed by atoms with Gasteiger partial charge in [0.05, 0.1) is 6.61 Å². The summed E-state index contributed by atoms with van der Waals surface area (Å²) >= 11 is 0. The molecule has 6 nitrogen and oxygen atoms in total. The molecule has 128 valence electrons. The second-order valence-corrected chi connectivity index (χ2v) is 5.95. The first-order valence-electron chi connectivity index (χ1n) is 8.29. The molecule has 0 aliphatic heterocycles. The molecule has 6 heteroatoms. The highest BCUT2D eigenvalue weighted by Gasteiger charge is 2.17. The fourth-order valence-electron chi connectivity index (χ4n) is 2.71. The SMILES string of the molecule is CN=C(NCc1ccnc(OC2CCCC2)c1)NC(C)COC. The Kier molecular flexibility index (Phi) is 7.13. The fourth-order valence-corrected chi connectivity index (χ4v) is 2.71. The molecule has 2 rings (SSSR count). The molecule has 1 aromatic rings. The van der Waals surface area contributed by atoms with E-state index in [0.717, 1.165) is 24.4 Å². The van der Waals surface area contributed by atoms with E-state index in [9.17, 15) is 0 Å². The van der Waals surface area contributed by atoms with Gasteiger partial charge < -0.3 is 20.1 Å². The first kappa shape index (κ1) is 17.5. The lowest BCUT2D eigenvalue weighted by molar-refractivity contribution is 0.179. The molecule has 0 spiro atoms. The first-order chi connectivity index (χ1) is 11.2. The molecule has 1 aliphatic carbocycles. The number of methoxy groups -OCH3 is 1. The topological polar surface area (TPSA) is 67.8 Å². The van der Waals surface area contributed by atoms with Gasteiger partial charge in [-0.3, -0.25) is 4.99 Å². The third kappa shape index (κ3) is 6.06. The molecule has 23 heavy (non-hydrogen) atoms. The predicted octanol–water partition coefficient (Wildman–Crippen LogP) is 2.10. The highest BCUT2D eigenvalue weighted by Crippen LogP contribution is 2.23. The van der Waals surface area contributed by atoms with Gasteiger partial charge in [0.2, 0.25) is 5.88 Å². The maximum atomic E-state index is 5.94. The summed E-state index contributed by atoms with van der Waals surface area (Å²) in [4.78, 5) is 8.53. The van der Waals surface area contributed by atoms with Gasteiger partial charge in [-0.15, -0.1) is 0 Å². The molecule has 0 amide bonds. The molecule has 1 unspecified atom stereocenters. The van der Waals surface area contributed by atoms with Crippen LogP contribution in [0.4, 0.5) is 0 Å². The highest BCUT2D eigenvalue weighted by molar-refractivity contribution is 5.79. The molecule has 2 N–H and O–H groups in total. The summed E-state index contributed by atoms with van der Waals surface area (Å²) in [7, 11) is 3.45. The number of hydrogen-bond acceptors (Lipinski definition) is 4. The minimum atomic E-state index is 0.199. The molecule has 1 heterocycles. The molecule has 1 aliphatic rings. The smallest absolute Gasteiger partial charge is 0.213 e. The average Bonchev–Trinajstić information content (AvgIpc) is 3.05. The normalized spacial score (nSPS) is 17.1. The largest absolute Gasteiger partial charge is 0.474 e. The van der Waals surface area contributed by atoms with Gasteiger partial charge >= 0.3 is 0 Å². The molecular formula is C17H28N4O2. The van der Waals surface area contributed by atoms with Crippen molar-refractivity contribution in [1.29, 1.82) is 0 Å². The lowest BCUT2D eigenvalue weighted by Gasteiger charge is -2.17. The Hall–Kier alpha value is -1.82. The Morgan fingerprint density at radius 1 is 1.43 bits per heavy atom. The zero-order valence-electron chi connectivity index (χ0n) is 14.3. The van der Waals surface area contributed by atoms with Crippen LogP contribution in [0.5, 0.6) is 5.88 Å². The molecular weight excluding hydrogens is 292 g/mol. The van der Waals surface area contributed by atoms with Gasteiger partial charge in [0.1, 0.15) is 6.10 Å². The van der Waals surface area contributed by atoms with Crippen LogP contribution in [-0.2, 0) is 11.3 Å². The van der Waals surface area contributed by atoms with Crippen LogP contribution in [0.1, 0.15) is 38.2 Å². The summed E-state index contributed by atoms with van der Waals surface area (Å²) in [5, 5.41) is 6.57. The van der Waals surface area contributed by atoms with Crippen LogP contribution in [0, 0.1) is 0 Å². The monoisotopic (exact) mass is 320 g/mol. The van der Waals surface area contributed by atoms with Crippen molar-refractivity contribution in [2.75, 3.05) is 20.8 Å². The van der Waals surface area contributed by atoms with E-state index in [-0.39, 0.29) is 6.04 Å². The predicted molar refractivity (Wildman–Crippen MR) is 91.8 cm³/mol. The van der Waals surface area contributed by atoms with Crippen molar-refractivity contribution in [3.8, 4) is 5.88 Å². The van der Waals surface area contributed by atoms with Crippen molar-refractivity contribution in [1.82, 2.24) is 15.6 Å². The molecule has 1 saturated carbocycles. The van der Waals surface area contributed by atoms with E-state index < -0.39 is 0 Å². The van der Waals surface area contributed by atoms with E-state index in [1.165, 1.54) is 12.8 Å². The fraction of sp³-hybridized carbons (Fsp3) is 0.647. The lowest BCUT2D eigenvalue weighted by atomic mass is 10.2. The number of aliphatic imine (C=N–C) groups is 1. The molecule has 0 bridgehead atoms. The second kappa shape index (κ2) is 9.35. The van der Waals surface area contributed by atoms with E-state index in [0.29, 0.717) is 25.1 Å². The Morgan fingerprint density at radius 3 is 2.91 bits per heavy atom. The van der Waals surface area contributed by atoms with Gasteiger partial charge in [0, 0.05) is 39.0 Å². The van der Waals surface area contributed by atoms with Gasteiger partial charge in [-0.25, -0.2) is 4.98 Å². The van der Waals surface area contributed by atoms with Crippen molar-refractivity contribution in [3.05, 3.63) is 23.9 Å². The van der Waals surface area contributed by atoms with Crippen molar-refractivity contribution >= 4 is 5.96 Å². The van der Waals surface area contributed by atoms with Crippen molar-refractivity contribution < 1.29 is 9.47 Å². The standard InChI is InChI=1S/C17H28N4O2/c1-13(12-22-3)21-17(18-2)20-11-14-8-9-19-16(10-14)23-15-6-4-5-7-15/h8-10,13,15H,4-7,11-12H2,1-3H3,(H2,18,20,21). The number of pyridine rings is 1. The summed E-state index contributed by atoms with van der Waals surface area (Å²) in [6.45, 7) is 3.36. The summed E-state index contributed by atoms with van der Waals surface area (Å²) in [6, 6.07) is 4.18. The lowest BCUT2D eigenvalue weighted by Crippen LogP contribution is -2.43. The molecule has 0 saturated heterocycles. The van der Waals surface area contributed by atoms with Gasteiger partial charge in [0.15, 0.2) is 5.96 Å². The number of guanidine groups is 1. The van der Waals surface area contributed by atoms with Crippen LogP contribution in [0.15, 0.2) is 23.3 Å². The zero-order chi connectivity index (χ0) is 16.5. The maximum Gasteiger partial charge on any atom is 0.213 e. The number of nitrogens with zero attached hydrogens (tertiary/aromatic N) is 2. The van der Waals surface area contributed by atoms with E-state index in [2.05, 4.69) is 27.5 Å². The van der Waals surface area contributed by atoms with Gasteiger partial charge in [-0.05, 0) is 44.2 Å². The molecule has 1 aromatic heterocycles. The Bertz CT molecular complexity index is 501. The number of aromatic nitrogens is 1. The number of ether oxygens (including phenoxy) is 2. The third-order valence-electron chi connectivity index (χ3n) is 3.87. The molecule has 1 fully saturated rings. The first-order valence-corrected chi connectivity index (χ1v) is 8.29. The van der Waals surface area contributed by atoms with Crippen LogP contribution < -0.4 is 15.4 Å². The second-order valence-electron chi connectivity index (χ2n) is 5.95. The maximum absolute atomic E-state index is 5.94. The van der Waals surface area contributed by atoms with E-state index in [1.54, 1.807) is 20.4 Å². The summed E-state index contributed by atoms with van der Waals surface area (Å²) in [5.74, 6) is 1.47. The average molecular weight is 320 g/mol. The van der Waals surface area contributed by atoms with Crippen LogP contribution in [0.25, 0.3) is 0 Å². The quantitative estimate of drug-likeness (QED) is 0.595. The number of nitrogens with one attached hydrogen (secondary N) is 2. The van der Waals surface area contributed by atoms with Crippen LogP contribution in [0.3, 0.4) is 0 Å².